The lowest BCUT2D eigenvalue weighted by Gasteiger charge is -2.38. The molecule has 1 aliphatic heterocycles. The zero-order valence-corrected chi connectivity index (χ0v) is 14.6. The summed E-state index contributed by atoms with van der Waals surface area (Å²) < 4.78 is 4.59. The number of esters is 1. The smallest absolute Gasteiger partial charge is 0.325 e. The largest absolute Gasteiger partial charge is 0.468 e. The Labute approximate surface area is 139 Å². The van der Waals surface area contributed by atoms with Crippen LogP contribution in [0.15, 0.2) is 0 Å². The molecule has 0 bridgehead atoms. The van der Waals surface area contributed by atoms with Gasteiger partial charge in [0.1, 0.15) is 17.5 Å². The van der Waals surface area contributed by atoms with Gasteiger partial charge in [-0.05, 0) is 20.3 Å². The molecule has 126 valence electrons. The highest BCUT2D eigenvalue weighted by Crippen LogP contribution is 2.23. The predicted molar refractivity (Wildman–Crippen MR) is 85.3 cm³/mol. The molecule has 0 aliphatic carbocycles. The summed E-state index contributed by atoms with van der Waals surface area (Å²) in [6.07, 6.45) is 0.677. The van der Waals surface area contributed by atoms with Gasteiger partial charge in [0, 0.05) is 13.1 Å². The molecule has 1 aromatic heterocycles. The van der Waals surface area contributed by atoms with Gasteiger partial charge in [-0.1, -0.05) is 6.92 Å². The molecule has 2 rings (SSSR count). The lowest BCUT2D eigenvalue weighted by molar-refractivity contribution is -0.150. The van der Waals surface area contributed by atoms with Gasteiger partial charge in [-0.3, -0.25) is 14.4 Å². The molecule has 0 N–H and O–H groups in total. The van der Waals surface area contributed by atoms with Gasteiger partial charge >= 0.3 is 5.97 Å². The van der Waals surface area contributed by atoms with Crippen LogP contribution in [0.5, 0.6) is 0 Å². The molecule has 2 amide bonds. The summed E-state index contributed by atoms with van der Waals surface area (Å²) in [6, 6.07) is -0.604. The molecule has 1 aromatic rings. The van der Waals surface area contributed by atoms with Crippen molar-refractivity contribution in [3.63, 3.8) is 0 Å². The van der Waals surface area contributed by atoms with Crippen LogP contribution in [0, 0.1) is 6.92 Å². The average molecular weight is 339 g/mol. The van der Waals surface area contributed by atoms with Crippen LogP contribution in [-0.2, 0) is 20.7 Å². The minimum absolute atomic E-state index is 0.0818. The van der Waals surface area contributed by atoms with Crippen molar-refractivity contribution < 1.29 is 19.1 Å². The summed E-state index contributed by atoms with van der Waals surface area (Å²) in [5.74, 6) is -0.864. The molecule has 1 aliphatic rings. The summed E-state index contributed by atoms with van der Waals surface area (Å²) >= 11 is 1.36. The fourth-order valence-electron chi connectivity index (χ4n) is 2.59. The number of piperazine rings is 1. The summed E-state index contributed by atoms with van der Waals surface area (Å²) in [5, 5.41) is 0.841. The van der Waals surface area contributed by atoms with Gasteiger partial charge < -0.3 is 14.5 Å². The first-order valence-corrected chi connectivity index (χ1v) is 8.33. The van der Waals surface area contributed by atoms with Crippen LogP contribution in [0.4, 0.5) is 0 Å². The number of carbonyl (C=O) groups excluding carboxylic acids is 3. The van der Waals surface area contributed by atoms with Crippen LogP contribution in [0.25, 0.3) is 0 Å². The number of hydrogen-bond donors (Lipinski definition) is 0. The Morgan fingerprint density at radius 2 is 2.09 bits per heavy atom. The van der Waals surface area contributed by atoms with Crippen molar-refractivity contribution in [1.82, 2.24) is 14.8 Å². The van der Waals surface area contributed by atoms with E-state index in [9.17, 15) is 14.4 Å². The third-order valence-electron chi connectivity index (χ3n) is 3.89. The lowest BCUT2D eigenvalue weighted by Crippen LogP contribution is -2.58. The van der Waals surface area contributed by atoms with Crippen LogP contribution in [0.2, 0.25) is 0 Å². The number of amides is 2. The van der Waals surface area contributed by atoms with E-state index >= 15 is 0 Å². The summed E-state index contributed by atoms with van der Waals surface area (Å²) in [7, 11) is 1.29. The zero-order chi connectivity index (χ0) is 17.1. The number of ether oxygens (including phenoxy) is 1. The predicted octanol–water partition coefficient (Wildman–Crippen LogP) is 0.860. The fraction of sp³-hybridized carbons (Fsp3) is 0.600. The molecule has 0 radical (unpaired) electrons. The monoisotopic (exact) mass is 339 g/mol. The van der Waals surface area contributed by atoms with Gasteiger partial charge in [0.15, 0.2) is 0 Å². The van der Waals surface area contributed by atoms with Crippen LogP contribution in [-0.4, -0.2) is 65.4 Å². The van der Waals surface area contributed by atoms with Crippen molar-refractivity contribution in [2.45, 2.75) is 33.2 Å². The molecule has 1 fully saturated rings. The maximum absolute atomic E-state index is 12.8. The first kappa shape index (κ1) is 17.4. The second kappa shape index (κ2) is 7.08. The van der Waals surface area contributed by atoms with E-state index in [0.717, 1.165) is 10.7 Å². The van der Waals surface area contributed by atoms with Gasteiger partial charge in [0.2, 0.25) is 5.91 Å². The maximum Gasteiger partial charge on any atom is 0.325 e. The standard InChI is InChI=1S/C15H21N3O4S/c1-5-11-13(23-10(3)16-11)15(21)18-7-6-17(8-12(19)22-4)14(20)9(18)2/h9H,5-8H2,1-4H3. The van der Waals surface area contributed by atoms with Gasteiger partial charge in [-0.25, -0.2) is 4.98 Å². The molecule has 7 nitrogen and oxygen atoms in total. The maximum atomic E-state index is 12.8. The van der Waals surface area contributed by atoms with E-state index in [4.69, 9.17) is 0 Å². The molecule has 23 heavy (non-hydrogen) atoms. The highest BCUT2D eigenvalue weighted by Gasteiger charge is 2.36. The Bertz CT molecular complexity index is 628. The summed E-state index contributed by atoms with van der Waals surface area (Å²) in [5.41, 5.74) is 0.772. The van der Waals surface area contributed by atoms with Gasteiger partial charge in [0.05, 0.1) is 17.8 Å². The molecule has 8 heteroatoms. The Morgan fingerprint density at radius 3 is 2.70 bits per heavy atom. The van der Waals surface area contributed by atoms with E-state index in [1.165, 1.54) is 23.3 Å². The van der Waals surface area contributed by atoms with Gasteiger partial charge in [-0.2, -0.15) is 0 Å². The molecule has 0 saturated carbocycles. The SMILES string of the molecule is CCc1nc(C)sc1C(=O)N1CCN(CC(=O)OC)C(=O)C1C. The quantitative estimate of drug-likeness (QED) is 0.760. The van der Waals surface area contributed by atoms with Gasteiger partial charge in [0.25, 0.3) is 5.91 Å². The minimum atomic E-state index is -0.604. The van der Waals surface area contributed by atoms with Gasteiger partial charge in [-0.15, -0.1) is 11.3 Å². The number of carbonyl (C=O) groups is 3. The van der Waals surface area contributed by atoms with Crippen LogP contribution >= 0.6 is 11.3 Å². The third-order valence-corrected chi connectivity index (χ3v) is 4.89. The van der Waals surface area contributed by atoms with E-state index in [0.29, 0.717) is 24.4 Å². The normalized spacial score (nSPS) is 18.3. The van der Waals surface area contributed by atoms with E-state index < -0.39 is 12.0 Å². The first-order chi connectivity index (χ1) is 10.9. The minimum Gasteiger partial charge on any atom is -0.468 e. The lowest BCUT2D eigenvalue weighted by atomic mass is 10.1. The summed E-state index contributed by atoms with van der Waals surface area (Å²) in [4.78, 5) is 44.5. The Morgan fingerprint density at radius 1 is 1.39 bits per heavy atom. The highest BCUT2D eigenvalue weighted by molar-refractivity contribution is 7.13. The van der Waals surface area contributed by atoms with Crippen molar-refractivity contribution >= 4 is 29.1 Å². The molecule has 0 spiro atoms. The molecule has 1 unspecified atom stereocenters. The Hall–Kier alpha value is -1.96. The molecular weight excluding hydrogens is 318 g/mol. The Kier molecular flexibility index (Phi) is 5.35. The number of aromatic nitrogens is 1. The third kappa shape index (κ3) is 3.52. The second-order valence-corrected chi connectivity index (χ2v) is 6.58. The number of thiazole rings is 1. The van der Waals surface area contributed by atoms with E-state index in [1.807, 2.05) is 13.8 Å². The number of hydrogen-bond acceptors (Lipinski definition) is 6. The molecule has 1 atom stereocenters. The van der Waals surface area contributed by atoms with Crippen molar-refractivity contribution in [3.8, 4) is 0 Å². The van der Waals surface area contributed by atoms with Crippen molar-refractivity contribution in [2.24, 2.45) is 0 Å². The van der Waals surface area contributed by atoms with Crippen molar-refractivity contribution in [3.05, 3.63) is 15.6 Å². The van der Waals surface area contributed by atoms with E-state index in [-0.39, 0.29) is 18.4 Å². The topological polar surface area (TPSA) is 79.8 Å². The van der Waals surface area contributed by atoms with Crippen LogP contribution < -0.4 is 0 Å². The fourth-order valence-corrected chi connectivity index (χ4v) is 3.56. The van der Waals surface area contributed by atoms with Crippen molar-refractivity contribution in [2.75, 3.05) is 26.7 Å². The van der Waals surface area contributed by atoms with E-state index in [1.54, 1.807) is 11.8 Å². The summed E-state index contributed by atoms with van der Waals surface area (Å²) in [6.45, 7) is 6.13. The molecule has 1 saturated heterocycles. The molecule has 0 aromatic carbocycles. The first-order valence-electron chi connectivity index (χ1n) is 7.51. The van der Waals surface area contributed by atoms with Crippen molar-refractivity contribution in [1.29, 1.82) is 0 Å². The number of methoxy groups -OCH3 is 1. The second-order valence-electron chi connectivity index (χ2n) is 5.37. The van der Waals surface area contributed by atoms with Crippen LogP contribution in [0.3, 0.4) is 0 Å². The Balaban J connectivity index is 2.14. The highest BCUT2D eigenvalue weighted by atomic mass is 32.1. The number of nitrogens with zero attached hydrogens (tertiary/aromatic N) is 3. The molecule has 2 heterocycles. The average Bonchev–Trinajstić information content (AvgIpc) is 2.92. The zero-order valence-electron chi connectivity index (χ0n) is 13.8. The number of rotatable bonds is 4. The number of aryl methyl sites for hydroxylation is 2. The molecular formula is C15H21N3O4S. The van der Waals surface area contributed by atoms with E-state index in [2.05, 4.69) is 9.72 Å². The van der Waals surface area contributed by atoms with Crippen LogP contribution in [0.1, 0.15) is 34.2 Å².